The summed E-state index contributed by atoms with van der Waals surface area (Å²) >= 11 is 0. The van der Waals surface area contributed by atoms with Gasteiger partial charge in [-0.1, -0.05) is 30.7 Å². The van der Waals surface area contributed by atoms with E-state index in [0.717, 1.165) is 6.07 Å². The fraction of sp³-hybridized carbons (Fsp3) is 0.569. The quantitative estimate of drug-likeness (QED) is 0.0155. The van der Waals surface area contributed by atoms with Crippen LogP contribution in [0.1, 0.15) is 70.4 Å². The standard InChI is InChI=1S/C65H92N2O26S4/c1-6-66-55-18-16-51-53(45-49(94(70,71)72)47-57(51)96(76,77)78)62(55)64(2,20-23-84-29-31-88-37-39-92-43-41-90-35-33-86-27-25-82-4)59(66)13-9-7-10-14-60-65(3,21-24-85-30-32-89-38-40-93-44-42-91-36-34-87-28-26-83-5)63-54-46-50(95(73,74)75)48-58(97(79,80)81)52(54)17-19-56(63)67(60)22-12-8-11-15-61(68)69/h7,9-10,13-14,16-19,45-48H,6,8,11-12,15,20-44H2,1-5H3,(H4-,68,69,70,71,72,73,74,75,76,77,78,79,80,81). The molecule has 0 aliphatic carbocycles. The molecule has 2 aliphatic heterocycles. The Kier molecular flexibility index (Phi) is 32.5. The Morgan fingerprint density at radius 3 is 1.36 bits per heavy atom. The van der Waals surface area contributed by atoms with E-state index in [1.807, 2.05) is 42.4 Å². The Labute approximate surface area is 568 Å². The van der Waals surface area contributed by atoms with Crippen LogP contribution in [0.4, 0.5) is 11.4 Å². The summed E-state index contributed by atoms with van der Waals surface area (Å²) in [5.74, 6) is -0.963. The van der Waals surface area contributed by atoms with Gasteiger partial charge >= 0.3 is 5.97 Å². The van der Waals surface area contributed by atoms with E-state index >= 15 is 0 Å². The minimum Gasteiger partial charge on any atom is -0.744 e. The van der Waals surface area contributed by atoms with Crippen LogP contribution < -0.4 is 4.90 Å². The minimum absolute atomic E-state index is 0.00260. The molecule has 0 fully saturated rings. The highest BCUT2D eigenvalue weighted by Gasteiger charge is 2.49. The van der Waals surface area contributed by atoms with Crippen molar-refractivity contribution in [1.82, 2.24) is 0 Å². The maximum atomic E-state index is 13.0. The van der Waals surface area contributed by atoms with Gasteiger partial charge in [-0.3, -0.25) is 18.5 Å². The average Bonchev–Trinajstić information content (AvgIpc) is 1.59. The van der Waals surface area contributed by atoms with Crippen molar-refractivity contribution in [3.8, 4) is 0 Å². The van der Waals surface area contributed by atoms with Crippen molar-refractivity contribution >= 4 is 85.1 Å². The van der Waals surface area contributed by atoms with Crippen LogP contribution in [0, 0.1) is 0 Å². The molecule has 0 bridgehead atoms. The van der Waals surface area contributed by atoms with Crippen molar-refractivity contribution in [3.05, 3.63) is 95.7 Å². The Balaban J connectivity index is 1.31. The molecule has 2 aliphatic rings. The zero-order valence-electron chi connectivity index (χ0n) is 55.5. The van der Waals surface area contributed by atoms with Crippen molar-refractivity contribution in [2.45, 2.75) is 89.7 Å². The minimum atomic E-state index is -5.35. The molecule has 0 amide bonds. The molecule has 542 valence electrons. The molecule has 4 aromatic rings. The fourth-order valence-corrected chi connectivity index (χ4v) is 14.3. The van der Waals surface area contributed by atoms with Crippen LogP contribution in [0.25, 0.3) is 21.5 Å². The third-order valence-electron chi connectivity index (χ3n) is 16.3. The Hall–Kier alpha value is -5.28. The number of fused-ring (bicyclic) bond motifs is 6. The molecule has 0 radical (unpaired) electrons. The lowest BCUT2D eigenvalue weighted by molar-refractivity contribution is -0.433. The van der Waals surface area contributed by atoms with E-state index < -0.39 is 76.9 Å². The van der Waals surface area contributed by atoms with Gasteiger partial charge in [0.25, 0.3) is 30.4 Å². The van der Waals surface area contributed by atoms with Gasteiger partial charge in [0.2, 0.25) is 5.69 Å². The number of unbranched alkanes of at least 4 members (excludes halogenated alkanes) is 2. The summed E-state index contributed by atoms with van der Waals surface area (Å²) in [7, 11) is -17.3. The first-order valence-electron chi connectivity index (χ1n) is 31.8. The third-order valence-corrected chi connectivity index (χ3v) is 19.7. The number of carboxylic acids is 1. The fourth-order valence-electron chi connectivity index (χ4n) is 11.7. The van der Waals surface area contributed by atoms with Gasteiger partial charge in [0, 0.05) is 80.3 Å². The number of ether oxygens (including phenoxy) is 12. The molecule has 4 aromatic carbocycles. The van der Waals surface area contributed by atoms with Gasteiger partial charge in [-0.15, -0.1) is 0 Å². The number of carbonyl (C=O) groups is 1. The van der Waals surface area contributed by atoms with Gasteiger partial charge in [0.05, 0.1) is 152 Å². The first-order valence-corrected chi connectivity index (χ1v) is 37.5. The zero-order chi connectivity index (χ0) is 70.7. The van der Waals surface area contributed by atoms with E-state index in [-0.39, 0.29) is 93.7 Å². The molecule has 2 unspecified atom stereocenters. The summed E-state index contributed by atoms with van der Waals surface area (Å²) in [6.07, 6.45) is 10.6. The molecule has 97 heavy (non-hydrogen) atoms. The number of carboxylic acid groups (broad SMARTS) is 1. The maximum Gasteiger partial charge on any atom is 0.303 e. The predicted molar refractivity (Wildman–Crippen MR) is 356 cm³/mol. The summed E-state index contributed by atoms with van der Waals surface area (Å²) in [5, 5.41) is 9.55. The van der Waals surface area contributed by atoms with E-state index in [0.29, 0.717) is 171 Å². The monoisotopic (exact) mass is 1440 g/mol. The lowest BCUT2D eigenvalue weighted by Gasteiger charge is -2.31. The lowest BCUT2D eigenvalue weighted by atomic mass is 9.75. The van der Waals surface area contributed by atoms with Crippen molar-refractivity contribution in [1.29, 1.82) is 0 Å². The summed E-state index contributed by atoms with van der Waals surface area (Å²) < 4.78 is 216. The highest BCUT2D eigenvalue weighted by atomic mass is 32.2. The first-order chi connectivity index (χ1) is 46.2. The predicted octanol–water partition coefficient (Wildman–Crippen LogP) is 6.67. The maximum absolute atomic E-state index is 13.0. The van der Waals surface area contributed by atoms with Crippen molar-refractivity contribution in [2.24, 2.45) is 0 Å². The molecule has 0 saturated carbocycles. The number of anilines is 1. The molecule has 6 rings (SSSR count). The molecule has 0 spiro atoms. The number of rotatable bonds is 50. The third kappa shape index (κ3) is 23.4. The molecular weight excluding hydrogens is 1350 g/mol. The summed E-state index contributed by atoms with van der Waals surface area (Å²) in [5.41, 5.74) is 1.02. The molecule has 4 N–H and O–H groups in total. The van der Waals surface area contributed by atoms with Crippen molar-refractivity contribution in [3.63, 3.8) is 0 Å². The molecule has 2 atom stereocenters. The van der Waals surface area contributed by atoms with E-state index in [9.17, 15) is 61.8 Å². The van der Waals surface area contributed by atoms with Gasteiger partial charge in [-0.2, -0.15) is 29.8 Å². The van der Waals surface area contributed by atoms with E-state index in [1.54, 1.807) is 44.6 Å². The van der Waals surface area contributed by atoms with Gasteiger partial charge in [-0.25, -0.2) is 8.42 Å². The Morgan fingerprint density at radius 1 is 0.505 bits per heavy atom. The largest absolute Gasteiger partial charge is 0.744 e. The average molecular weight is 1450 g/mol. The number of hydrogen-bond acceptors (Lipinski definition) is 23. The smallest absolute Gasteiger partial charge is 0.303 e. The summed E-state index contributed by atoms with van der Waals surface area (Å²) in [4.78, 5) is 10.3. The number of hydrogen-bond donors (Lipinski definition) is 4. The molecule has 2 heterocycles. The van der Waals surface area contributed by atoms with Gasteiger partial charge in [0.1, 0.15) is 21.6 Å². The normalized spacial score (nSPS) is 17.4. The van der Waals surface area contributed by atoms with Crippen LogP contribution in [0.5, 0.6) is 0 Å². The van der Waals surface area contributed by atoms with Crippen LogP contribution >= 0.6 is 0 Å². The van der Waals surface area contributed by atoms with Crippen molar-refractivity contribution in [2.75, 3.05) is 178 Å². The molecule has 0 saturated heterocycles. The van der Waals surface area contributed by atoms with Gasteiger partial charge in [0.15, 0.2) is 5.71 Å². The lowest BCUT2D eigenvalue weighted by Crippen LogP contribution is -2.33. The topological polar surface area (TPSA) is 375 Å². The van der Waals surface area contributed by atoms with Crippen LogP contribution in [-0.4, -0.2) is 246 Å². The Bertz CT molecular complexity index is 3840. The molecular formula is C65H92N2O26S4. The van der Waals surface area contributed by atoms with E-state index in [2.05, 4.69) is 0 Å². The highest BCUT2D eigenvalue weighted by molar-refractivity contribution is 7.87. The number of benzene rings is 4. The number of nitrogens with zero attached hydrogens (tertiary/aromatic N) is 2. The second-order valence-corrected chi connectivity index (χ2v) is 28.5. The van der Waals surface area contributed by atoms with Crippen LogP contribution in [0.2, 0.25) is 0 Å². The first kappa shape index (κ1) is 80.7. The number of aliphatic carboxylic acids is 1. The van der Waals surface area contributed by atoms with Gasteiger partial charge < -0.3 is 71.4 Å². The van der Waals surface area contributed by atoms with E-state index in [1.165, 1.54) is 18.2 Å². The van der Waals surface area contributed by atoms with Crippen molar-refractivity contribution < 1.29 is 123 Å². The van der Waals surface area contributed by atoms with Crippen LogP contribution in [0.3, 0.4) is 0 Å². The molecule has 0 aromatic heterocycles. The zero-order valence-corrected chi connectivity index (χ0v) is 58.8. The second kappa shape index (κ2) is 39.1. The summed E-state index contributed by atoms with van der Waals surface area (Å²) in [6.45, 7) is 13.4. The highest BCUT2D eigenvalue weighted by Crippen LogP contribution is 2.54. The summed E-state index contributed by atoms with van der Waals surface area (Å²) in [6, 6.07) is 9.80. The van der Waals surface area contributed by atoms with Crippen LogP contribution in [-0.2, 0) is 113 Å². The molecule has 32 heteroatoms. The van der Waals surface area contributed by atoms with Gasteiger partial charge in [-0.05, 0) is 111 Å². The Morgan fingerprint density at radius 2 is 0.928 bits per heavy atom. The van der Waals surface area contributed by atoms with E-state index in [4.69, 9.17) is 56.8 Å². The molecule has 28 nitrogen and oxygen atoms in total. The number of allylic oxidation sites excluding steroid dienone is 6. The van der Waals surface area contributed by atoms with Crippen LogP contribution in [0.15, 0.2) is 104 Å². The second-order valence-electron chi connectivity index (χ2n) is 22.9. The SMILES string of the molecule is CC[N+]1=C(/C=C/C=C/C=C2/N(CCCCCC(=O)O)c3ccc4c(S(=O)(=O)[O-])cc(S(=O)(=O)O)cc4c3C2(C)CCOCCOCCOCCOCCOCCOC)C(C)(CCOCCOCCOCCOCCOCCOC)c2c1ccc1c(S(=O)(=O)O)cc(S(=O)(=O)O)cc21. The number of methoxy groups -OCH3 is 2.